The molecule has 0 fully saturated rings. The van der Waals surface area contributed by atoms with Crippen LogP contribution in [-0.4, -0.2) is 25.7 Å². The van der Waals surface area contributed by atoms with E-state index in [1.807, 2.05) is 0 Å². The third-order valence-electron chi connectivity index (χ3n) is 2.71. The molecule has 0 aliphatic heterocycles. The Hall–Kier alpha value is -2.94. The number of rotatable bonds is 4. The molecule has 0 aromatic heterocycles. The van der Waals surface area contributed by atoms with E-state index in [-0.39, 0.29) is 10.6 Å². The normalized spacial score (nSPS) is 11.5. The molecular weight excluding hydrogens is 323 g/mol. The standard InChI is InChI=1S/C14H13FN4O3S/c15-10-2-1-9(13(20)7-10)8-18-11-3-5-12(6-4-11)23(21,22)19-14(16)17/h1-8,20H,(H4,16,17,19). The molecule has 120 valence electrons. The first-order valence-electron chi connectivity index (χ1n) is 6.26. The molecule has 0 radical (unpaired) electrons. The summed E-state index contributed by atoms with van der Waals surface area (Å²) in [4.78, 5) is 3.98. The van der Waals surface area contributed by atoms with E-state index in [0.29, 0.717) is 11.3 Å². The number of hydrogen-bond acceptors (Lipinski definition) is 4. The summed E-state index contributed by atoms with van der Waals surface area (Å²) in [6.45, 7) is 0. The number of nitrogens with zero attached hydrogens (tertiary/aromatic N) is 2. The Labute approximate surface area is 131 Å². The fourth-order valence-corrected chi connectivity index (χ4v) is 2.53. The van der Waals surface area contributed by atoms with Crippen molar-refractivity contribution in [3.8, 4) is 5.75 Å². The molecular formula is C14H13FN4O3S. The SMILES string of the molecule is NC(N)=NS(=O)(=O)c1ccc(N=Cc2ccc(F)cc2O)cc1. The van der Waals surface area contributed by atoms with Gasteiger partial charge in [-0.15, -0.1) is 4.40 Å². The van der Waals surface area contributed by atoms with Gasteiger partial charge >= 0.3 is 0 Å². The minimum Gasteiger partial charge on any atom is -0.507 e. The molecule has 9 heteroatoms. The molecule has 2 aromatic rings. The topological polar surface area (TPSA) is 131 Å². The maximum Gasteiger partial charge on any atom is 0.285 e. The Morgan fingerprint density at radius 3 is 2.35 bits per heavy atom. The van der Waals surface area contributed by atoms with E-state index in [1.54, 1.807) is 0 Å². The number of phenolic OH excluding ortho intramolecular Hbond substituents is 1. The van der Waals surface area contributed by atoms with Gasteiger partial charge in [-0.05, 0) is 36.4 Å². The van der Waals surface area contributed by atoms with E-state index >= 15 is 0 Å². The van der Waals surface area contributed by atoms with Gasteiger partial charge < -0.3 is 16.6 Å². The molecule has 23 heavy (non-hydrogen) atoms. The van der Waals surface area contributed by atoms with Gasteiger partial charge in [0, 0.05) is 17.8 Å². The van der Waals surface area contributed by atoms with Crippen LogP contribution < -0.4 is 11.5 Å². The van der Waals surface area contributed by atoms with E-state index < -0.39 is 21.8 Å². The van der Waals surface area contributed by atoms with Gasteiger partial charge in [0.25, 0.3) is 10.0 Å². The highest BCUT2D eigenvalue weighted by molar-refractivity contribution is 7.90. The van der Waals surface area contributed by atoms with Gasteiger partial charge in [-0.3, -0.25) is 4.99 Å². The molecule has 0 amide bonds. The summed E-state index contributed by atoms with van der Waals surface area (Å²) in [5, 5.41) is 9.56. The maximum atomic E-state index is 12.9. The van der Waals surface area contributed by atoms with E-state index in [4.69, 9.17) is 11.5 Å². The maximum absolute atomic E-state index is 12.9. The second kappa shape index (κ2) is 6.44. The van der Waals surface area contributed by atoms with Gasteiger partial charge in [0.2, 0.25) is 5.96 Å². The van der Waals surface area contributed by atoms with Gasteiger partial charge in [0.05, 0.1) is 10.6 Å². The molecule has 0 aliphatic rings. The predicted molar refractivity (Wildman–Crippen MR) is 84.8 cm³/mol. The van der Waals surface area contributed by atoms with Gasteiger partial charge in [0.1, 0.15) is 11.6 Å². The number of hydrogen-bond donors (Lipinski definition) is 3. The van der Waals surface area contributed by atoms with Crippen LogP contribution in [0, 0.1) is 5.82 Å². The first-order chi connectivity index (χ1) is 10.8. The number of phenols is 1. The number of aromatic hydroxyl groups is 1. The van der Waals surface area contributed by atoms with Crippen molar-refractivity contribution in [3.63, 3.8) is 0 Å². The van der Waals surface area contributed by atoms with Gasteiger partial charge in [-0.1, -0.05) is 0 Å². The minimum atomic E-state index is -3.95. The first-order valence-corrected chi connectivity index (χ1v) is 7.70. The Morgan fingerprint density at radius 1 is 1.13 bits per heavy atom. The number of halogens is 1. The van der Waals surface area contributed by atoms with E-state index in [2.05, 4.69) is 9.39 Å². The number of guanidine groups is 1. The van der Waals surface area contributed by atoms with Gasteiger partial charge in [-0.2, -0.15) is 8.42 Å². The van der Waals surface area contributed by atoms with Gasteiger partial charge in [-0.25, -0.2) is 4.39 Å². The van der Waals surface area contributed by atoms with Crippen LogP contribution in [0.25, 0.3) is 0 Å². The first kappa shape index (κ1) is 16.4. The van der Waals surface area contributed by atoms with E-state index in [9.17, 15) is 17.9 Å². The zero-order chi connectivity index (χ0) is 17.0. The third kappa shape index (κ3) is 4.27. The Bertz CT molecular complexity index is 873. The van der Waals surface area contributed by atoms with Crippen molar-refractivity contribution < 1.29 is 17.9 Å². The average molecular weight is 336 g/mol. The van der Waals surface area contributed by atoms with Crippen molar-refractivity contribution in [2.75, 3.05) is 0 Å². The lowest BCUT2D eigenvalue weighted by Gasteiger charge is -2.01. The number of nitrogens with two attached hydrogens (primary N) is 2. The highest BCUT2D eigenvalue weighted by Crippen LogP contribution is 2.20. The molecule has 0 spiro atoms. The van der Waals surface area contributed by atoms with Crippen LogP contribution in [0.1, 0.15) is 5.56 Å². The molecule has 2 aromatic carbocycles. The quantitative estimate of drug-likeness (QED) is 0.571. The number of sulfonamides is 1. The molecule has 0 unspecified atom stereocenters. The molecule has 0 bridgehead atoms. The van der Waals surface area contributed by atoms with Crippen LogP contribution in [0.5, 0.6) is 5.75 Å². The summed E-state index contributed by atoms with van der Waals surface area (Å²) < 4.78 is 39.5. The number of benzene rings is 2. The minimum absolute atomic E-state index is 0.0884. The summed E-state index contributed by atoms with van der Waals surface area (Å²) >= 11 is 0. The monoisotopic (exact) mass is 336 g/mol. The fourth-order valence-electron chi connectivity index (χ4n) is 1.67. The van der Waals surface area contributed by atoms with E-state index in [1.165, 1.54) is 42.6 Å². The van der Waals surface area contributed by atoms with Crippen molar-refractivity contribution >= 4 is 27.9 Å². The summed E-state index contributed by atoms with van der Waals surface area (Å²) in [5.41, 5.74) is 10.9. The average Bonchev–Trinajstić information content (AvgIpc) is 2.45. The summed E-state index contributed by atoms with van der Waals surface area (Å²) in [5.74, 6) is -1.37. The van der Waals surface area contributed by atoms with Crippen LogP contribution in [0.3, 0.4) is 0 Å². The zero-order valence-electron chi connectivity index (χ0n) is 11.7. The summed E-state index contributed by atoms with van der Waals surface area (Å²) in [6, 6.07) is 8.97. The third-order valence-corrected chi connectivity index (χ3v) is 4.02. The largest absolute Gasteiger partial charge is 0.507 e. The van der Waals surface area contributed by atoms with Crippen molar-refractivity contribution in [2.45, 2.75) is 4.90 Å². The fraction of sp³-hybridized carbons (Fsp3) is 0. The lowest BCUT2D eigenvalue weighted by molar-refractivity contribution is 0.468. The van der Waals surface area contributed by atoms with Crippen molar-refractivity contribution in [1.82, 2.24) is 0 Å². The van der Waals surface area contributed by atoms with Crippen molar-refractivity contribution in [1.29, 1.82) is 0 Å². The van der Waals surface area contributed by atoms with Crippen LogP contribution >= 0.6 is 0 Å². The molecule has 5 N–H and O–H groups in total. The second-order valence-corrected chi connectivity index (χ2v) is 6.05. The highest BCUT2D eigenvalue weighted by atomic mass is 32.2. The lowest BCUT2D eigenvalue weighted by Crippen LogP contribution is -2.24. The molecule has 7 nitrogen and oxygen atoms in total. The van der Waals surface area contributed by atoms with Crippen LogP contribution in [0.2, 0.25) is 0 Å². The van der Waals surface area contributed by atoms with Gasteiger partial charge in [0.15, 0.2) is 0 Å². The highest BCUT2D eigenvalue weighted by Gasteiger charge is 2.12. The van der Waals surface area contributed by atoms with E-state index in [0.717, 1.165) is 6.07 Å². The Kier molecular flexibility index (Phi) is 4.60. The lowest BCUT2D eigenvalue weighted by atomic mass is 10.2. The van der Waals surface area contributed by atoms with Crippen LogP contribution in [0.15, 0.2) is 56.8 Å². The Morgan fingerprint density at radius 2 is 1.78 bits per heavy atom. The molecule has 0 atom stereocenters. The zero-order valence-corrected chi connectivity index (χ0v) is 12.5. The molecule has 2 rings (SSSR count). The summed E-state index contributed by atoms with van der Waals surface area (Å²) in [6.07, 6.45) is 1.33. The predicted octanol–water partition coefficient (Wildman–Crippen LogP) is 1.24. The smallest absolute Gasteiger partial charge is 0.285 e. The van der Waals surface area contributed by atoms with Crippen LogP contribution in [-0.2, 0) is 10.0 Å². The molecule has 0 aliphatic carbocycles. The Balaban J connectivity index is 2.23. The van der Waals surface area contributed by atoms with Crippen molar-refractivity contribution in [2.24, 2.45) is 20.9 Å². The van der Waals surface area contributed by atoms with Crippen molar-refractivity contribution in [3.05, 3.63) is 53.8 Å². The molecule has 0 saturated carbocycles. The molecule has 0 saturated heterocycles. The molecule has 0 heterocycles. The summed E-state index contributed by atoms with van der Waals surface area (Å²) in [7, 11) is -3.95. The number of aliphatic imine (C=N–C) groups is 1. The van der Waals surface area contributed by atoms with Crippen LogP contribution in [0.4, 0.5) is 10.1 Å². The second-order valence-electron chi connectivity index (χ2n) is 4.45.